The van der Waals surface area contributed by atoms with E-state index < -0.39 is 9.84 Å². The number of piperidine rings is 1. The van der Waals surface area contributed by atoms with Gasteiger partial charge in [-0.3, -0.25) is 4.79 Å². The first-order valence-electron chi connectivity index (χ1n) is 11.7. The smallest absolute Gasteiger partial charge is 0.222 e. The molecule has 0 bridgehead atoms. The number of sulfone groups is 1. The van der Waals surface area contributed by atoms with Gasteiger partial charge in [0.15, 0.2) is 9.84 Å². The first-order chi connectivity index (χ1) is 14.2. The number of hydrogen-bond donors (Lipinski definition) is 0. The maximum atomic E-state index is 13.6. The lowest BCUT2D eigenvalue weighted by atomic mass is 9.47. The van der Waals surface area contributed by atoms with E-state index in [1.807, 2.05) is 30.1 Å². The molecule has 30 heavy (non-hydrogen) atoms. The highest BCUT2D eigenvalue weighted by Gasteiger charge is 2.63. The van der Waals surface area contributed by atoms with Gasteiger partial charge in [0.05, 0.1) is 10.1 Å². The van der Waals surface area contributed by atoms with Gasteiger partial charge in [0.2, 0.25) is 5.91 Å². The number of fused-ring (bicyclic) bond motifs is 5. The predicted octanol–water partition coefficient (Wildman–Crippen LogP) is 4.69. The Balaban J connectivity index is 1.46. The topological polar surface area (TPSA) is 54.5 Å². The molecular formula is C25H35NO3S. The molecule has 5 rings (SSSR count). The van der Waals surface area contributed by atoms with E-state index in [4.69, 9.17) is 0 Å². The van der Waals surface area contributed by atoms with Crippen LogP contribution in [0.3, 0.4) is 0 Å². The Kier molecular flexibility index (Phi) is 4.67. The van der Waals surface area contributed by atoms with Gasteiger partial charge in [0.1, 0.15) is 0 Å². The Bertz CT molecular complexity index is 944. The van der Waals surface area contributed by atoms with Gasteiger partial charge >= 0.3 is 0 Å². The molecule has 0 aromatic heterocycles. The number of likely N-dealkylation sites (tertiary alicyclic amines) is 1. The number of amides is 1. The summed E-state index contributed by atoms with van der Waals surface area (Å²) < 4.78 is 27.2. The van der Waals surface area contributed by atoms with Crippen LogP contribution < -0.4 is 0 Å². The highest BCUT2D eigenvalue weighted by molar-refractivity contribution is 7.92. The van der Waals surface area contributed by atoms with Crippen LogP contribution in [0.5, 0.6) is 0 Å². The highest BCUT2D eigenvalue weighted by Crippen LogP contribution is 2.65. The molecule has 1 amide bonds. The first-order valence-corrected chi connectivity index (χ1v) is 13.3. The summed E-state index contributed by atoms with van der Waals surface area (Å²) >= 11 is 0. The Morgan fingerprint density at radius 3 is 2.33 bits per heavy atom. The first kappa shape index (κ1) is 20.5. The second kappa shape index (κ2) is 6.82. The van der Waals surface area contributed by atoms with Gasteiger partial charge in [-0.1, -0.05) is 32.0 Å². The Morgan fingerprint density at radius 2 is 1.60 bits per heavy atom. The van der Waals surface area contributed by atoms with Crippen LogP contribution in [-0.2, 0) is 14.6 Å². The third kappa shape index (κ3) is 2.69. The molecule has 0 N–H and O–H groups in total. The number of carbonyl (C=O) groups excluding carboxylic acids is 1. The summed E-state index contributed by atoms with van der Waals surface area (Å²) in [5, 5.41) is -0.264. The summed E-state index contributed by atoms with van der Waals surface area (Å²) in [6.07, 6.45) is 7.80. The van der Waals surface area contributed by atoms with E-state index in [2.05, 4.69) is 13.8 Å². The van der Waals surface area contributed by atoms with Gasteiger partial charge in [-0.15, -0.1) is 0 Å². The minimum atomic E-state index is -3.31. The average Bonchev–Trinajstić information content (AvgIpc) is 3.10. The monoisotopic (exact) mass is 429 g/mol. The molecule has 5 heteroatoms. The van der Waals surface area contributed by atoms with Gasteiger partial charge in [0.25, 0.3) is 0 Å². The van der Waals surface area contributed by atoms with Crippen molar-refractivity contribution >= 4 is 15.7 Å². The second-order valence-corrected chi connectivity index (χ2v) is 13.1. The standard InChI is InChI=1S/C25H35NO3S/c1-24-16-14-23(27)26(3)21(24)11-9-18-19-10-12-22(25(19,2)15-13-20(18)24)30(28,29)17-7-5-4-6-8-17/h4-8,18-22H,9-16H2,1-3H3/t18-,19-,20-,21+,22+,24+,25-/m0/s1. The van der Waals surface area contributed by atoms with Crippen molar-refractivity contribution in [2.24, 2.45) is 28.6 Å². The van der Waals surface area contributed by atoms with Crippen LogP contribution in [-0.4, -0.2) is 37.6 Å². The molecule has 0 radical (unpaired) electrons. The summed E-state index contributed by atoms with van der Waals surface area (Å²) in [6, 6.07) is 9.43. The Morgan fingerprint density at radius 1 is 0.900 bits per heavy atom. The molecule has 4 aliphatic rings. The number of hydrogen-bond acceptors (Lipinski definition) is 3. The lowest BCUT2D eigenvalue weighted by molar-refractivity contribution is -0.156. The zero-order valence-electron chi connectivity index (χ0n) is 18.5. The molecule has 1 heterocycles. The quantitative estimate of drug-likeness (QED) is 0.685. The van der Waals surface area contributed by atoms with Crippen LogP contribution in [0.1, 0.15) is 65.2 Å². The Labute approximate surface area is 181 Å². The average molecular weight is 430 g/mol. The predicted molar refractivity (Wildman–Crippen MR) is 118 cm³/mol. The molecule has 3 saturated carbocycles. The molecule has 0 unspecified atom stereocenters. The van der Waals surface area contributed by atoms with E-state index in [0.29, 0.717) is 41.0 Å². The van der Waals surface area contributed by atoms with E-state index in [0.717, 1.165) is 44.9 Å². The van der Waals surface area contributed by atoms with Crippen molar-refractivity contribution in [3.05, 3.63) is 30.3 Å². The van der Waals surface area contributed by atoms with Crippen molar-refractivity contribution in [2.45, 2.75) is 81.4 Å². The number of nitrogens with zero attached hydrogens (tertiary/aromatic N) is 1. The summed E-state index contributed by atoms with van der Waals surface area (Å²) in [5.41, 5.74) is 0.0543. The van der Waals surface area contributed by atoms with E-state index in [1.165, 1.54) is 0 Å². The molecule has 164 valence electrons. The number of rotatable bonds is 2. The molecule has 0 spiro atoms. The molecule has 4 fully saturated rings. The highest BCUT2D eigenvalue weighted by atomic mass is 32.2. The van der Waals surface area contributed by atoms with Gasteiger partial charge in [-0.2, -0.15) is 0 Å². The third-order valence-electron chi connectivity index (χ3n) is 9.92. The second-order valence-electron chi connectivity index (χ2n) is 10.9. The van der Waals surface area contributed by atoms with Crippen LogP contribution in [0.2, 0.25) is 0 Å². The largest absolute Gasteiger partial charge is 0.342 e. The molecule has 7 atom stereocenters. The van der Waals surface area contributed by atoms with Crippen molar-refractivity contribution in [2.75, 3.05) is 7.05 Å². The van der Waals surface area contributed by atoms with Crippen molar-refractivity contribution in [1.82, 2.24) is 4.90 Å². The molecule has 1 aromatic carbocycles. The summed E-state index contributed by atoms with van der Waals surface area (Å²) in [7, 11) is -1.32. The van der Waals surface area contributed by atoms with E-state index in [1.54, 1.807) is 12.1 Å². The summed E-state index contributed by atoms with van der Waals surface area (Å²) in [6.45, 7) is 4.70. The maximum Gasteiger partial charge on any atom is 0.222 e. The minimum Gasteiger partial charge on any atom is -0.342 e. The zero-order valence-corrected chi connectivity index (χ0v) is 19.3. The zero-order chi connectivity index (χ0) is 21.3. The normalized spacial score (nSPS) is 43.6. The van der Waals surface area contributed by atoms with Crippen molar-refractivity contribution in [1.29, 1.82) is 0 Å². The van der Waals surface area contributed by atoms with Crippen LogP contribution in [0.4, 0.5) is 0 Å². The number of carbonyl (C=O) groups is 1. The van der Waals surface area contributed by atoms with Crippen molar-refractivity contribution in [3.63, 3.8) is 0 Å². The van der Waals surface area contributed by atoms with E-state index in [9.17, 15) is 13.2 Å². The fraction of sp³-hybridized carbons (Fsp3) is 0.720. The van der Waals surface area contributed by atoms with Gasteiger partial charge < -0.3 is 4.90 Å². The van der Waals surface area contributed by atoms with Crippen LogP contribution >= 0.6 is 0 Å². The van der Waals surface area contributed by atoms with Crippen LogP contribution in [0.15, 0.2) is 35.2 Å². The fourth-order valence-electron chi connectivity index (χ4n) is 8.39. The Hall–Kier alpha value is -1.36. The van der Waals surface area contributed by atoms with Gasteiger partial charge in [-0.25, -0.2) is 8.42 Å². The molecule has 3 aliphatic carbocycles. The SMILES string of the molecule is CN1C(=O)CC[C@]2(C)[C@H]3CC[C@]4(C)[C@H](S(=O)(=O)c5ccccc5)CC[C@H]4[C@@H]3CC[C@@H]12. The lowest BCUT2D eigenvalue weighted by Crippen LogP contribution is -2.61. The molecule has 1 aliphatic heterocycles. The summed E-state index contributed by atoms with van der Waals surface area (Å²) in [5.74, 6) is 2.00. The molecule has 1 aromatic rings. The summed E-state index contributed by atoms with van der Waals surface area (Å²) in [4.78, 5) is 14.9. The van der Waals surface area contributed by atoms with Crippen molar-refractivity contribution in [3.8, 4) is 0 Å². The molecule has 1 saturated heterocycles. The molecule has 4 nitrogen and oxygen atoms in total. The van der Waals surface area contributed by atoms with Gasteiger partial charge in [-0.05, 0) is 85.7 Å². The van der Waals surface area contributed by atoms with Gasteiger partial charge in [0, 0.05) is 19.5 Å². The minimum absolute atomic E-state index is 0.130. The fourth-order valence-corrected chi connectivity index (χ4v) is 10.7. The van der Waals surface area contributed by atoms with E-state index in [-0.39, 0.29) is 16.1 Å². The lowest BCUT2D eigenvalue weighted by Gasteiger charge is -2.61. The third-order valence-corrected chi connectivity index (χ3v) is 12.4. The maximum absolute atomic E-state index is 13.6. The van der Waals surface area contributed by atoms with Crippen LogP contribution in [0.25, 0.3) is 0 Å². The van der Waals surface area contributed by atoms with E-state index >= 15 is 0 Å². The number of benzene rings is 1. The van der Waals surface area contributed by atoms with Crippen molar-refractivity contribution < 1.29 is 13.2 Å². The molecular weight excluding hydrogens is 394 g/mol. The van der Waals surface area contributed by atoms with Crippen LogP contribution in [0, 0.1) is 28.6 Å².